The number of phosphoric acid groups is 2. The molecule has 612 valence electrons. The molecule has 103 heavy (non-hydrogen) atoms. The molecule has 0 aliphatic carbocycles. The Labute approximate surface area is 632 Å². The van der Waals surface area contributed by atoms with Gasteiger partial charge in [0.1, 0.15) is 19.3 Å². The van der Waals surface area contributed by atoms with Crippen molar-refractivity contribution >= 4 is 39.5 Å². The van der Waals surface area contributed by atoms with Gasteiger partial charge in [-0.2, -0.15) is 0 Å². The molecule has 0 aromatic rings. The van der Waals surface area contributed by atoms with Crippen LogP contribution in [0, 0.1) is 23.7 Å². The average molecular weight is 1510 g/mol. The molecule has 0 saturated carbocycles. The van der Waals surface area contributed by atoms with Crippen LogP contribution in [-0.4, -0.2) is 96.7 Å². The summed E-state index contributed by atoms with van der Waals surface area (Å²) in [7, 11) is -9.92. The standard InChI is InChI=1S/C84H164O17P2/c1-9-75(6)61-53-45-37-31-27-23-19-14-12-13-15-20-24-28-32-39-48-56-64-81(86)94-70-79(101-84(89)67-59-51-41-35-34-38-46-54-62-76(7)10-2)72-98-102(90,91)96-68-78(85)69-97-103(92,93)99-73-80(71-95-82(87)65-57-49-43-42-47-55-63-77(8)11-3)100-83(88)66-58-50-40-33-29-25-21-17-16-18-22-26-30-36-44-52-60-74(4)5/h74-80,85H,9-73H2,1-8H3,(H,90,91)(H,92,93)/t75?,76?,77?,78-,79-,80-/m1/s1. The van der Waals surface area contributed by atoms with Crippen molar-refractivity contribution in [3.05, 3.63) is 0 Å². The molecule has 0 aromatic carbocycles. The third kappa shape index (κ3) is 74.0. The number of carbonyl (C=O) groups excluding carboxylic acids is 4. The zero-order valence-electron chi connectivity index (χ0n) is 68.0. The molecule has 0 aliphatic rings. The molecular weight excluding hydrogens is 1340 g/mol. The second-order valence-electron chi connectivity index (χ2n) is 31.4. The second kappa shape index (κ2) is 72.9. The average Bonchev–Trinajstić information content (AvgIpc) is 0.936. The van der Waals surface area contributed by atoms with Crippen molar-refractivity contribution in [2.45, 2.75) is 453 Å². The Morgan fingerprint density at radius 2 is 0.466 bits per heavy atom. The van der Waals surface area contributed by atoms with E-state index in [-0.39, 0.29) is 25.7 Å². The topological polar surface area (TPSA) is 237 Å². The Hall–Kier alpha value is -1.94. The summed E-state index contributed by atoms with van der Waals surface area (Å²) in [5.74, 6) is 1.07. The SMILES string of the molecule is CCC(C)CCCCCCCCCCCCCCCCCCCCC(=O)OC[C@H](COP(=O)(O)OC[C@@H](O)COP(=O)(O)OC[C@@H](COC(=O)CCCCCCCCC(C)CC)OC(=O)CCCCCCCCCCCCCCCCCCC(C)C)OC(=O)CCCCCCCCCCC(C)CC. The first-order chi connectivity index (χ1) is 49.7. The Morgan fingerprint density at radius 1 is 0.272 bits per heavy atom. The number of hydrogen-bond donors (Lipinski definition) is 3. The van der Waals surface area contributed by atoms with Crippen LogP contribution in [0.2, 0.25) is 0 Å². The van der Waals surface area contributed by atoms with Gasteiger partial charge in [-0.1, -0.05) is 383 Å². The molecule has 0 amide bonds. The van der Waals surface area contributed by atoms with Gasteiger partial charge in [0, 0.05) is 25.7 Å². The van der Waals surface area contributed by atoms with E-state index in [1.165, 1.54) is 231 Å². The first-order valence-electron chi connectivity index (χ1n) is 43.3. The maximum Gasteiger partial charge on any atom is 0.472 e. The van der Waals surface area contributed by atoms with Crippen molar-refractivity contribution in [1.82, 2.24) is 0 Å². The van der Waals surface area contributed by atoms with Gasteiger partial charge in [-0.3, -0.25) is 37.3 Å². The third-order valence-electron chi connectivity index (χ3n) is 20.7. The van der Waals surface area contributed by atoms with E-state index >= 15 is 0 Å². The van der Waals surface area contributed by atoms with Crippen molar-refractivity contribution in [1.29, 1.82) is 0 Å². The van der Waals surface area contributed by atoms with Crippen molar-refractivity contribution in [2.24, 2.45) is 23.7 Å². The maximum atomic E-state index is 13.1. The lowest BCUT2D eigenvalue weighted by Crippen LogP contribution is -2.30. The number of hydrogen-bond acceptors (Lipinski definition) is 15. The molecule has 0 aromatic heterocycles. The smallest absolute Gasteiger partial charge is 0.462 e. The van der Waals surface area contributed by atoms with Crippen LogP contribution in [0.1, 0.15) is 434 Å². The van der Waals surface area contributed by atoms with Crippen LogP contribution in [0.4, 0.5) is 0 Å². The Morgan fingerprint density at radius 3 is 0.689 bits per heavy atom. The fourth-order valence-corrected chi connectivity index (χ4v) is 14.4. The van der Waals surface area contributed by atoms with Crippen LogP contribution in [0.3, 0.4) is 0 Å². The van der Waals surface area contributed by atoms with E-state index in [9.17, 15) is 43.2 Å². The number of esters is 4. The lowest BCUT2D eigenvalue weighted by Gasteiger charge is -2.21. The predicted octanol–water partition coefficient (Wildman–Crippen LogP) is 25.2. The van der Waals surface area contributed by atoms with Crippen LogP contribution in [0.15, 0.2) is 0 Å². The molecule has 0 radical (unpaired) electrons. The summed E-state index contributed by atoms with van der Waals surface area (Å²) in [6.45, 7) is 14.3. The largest absolute Gasteiger partial charge is 0.472 e. The lowest BCUT2D eigenvalue weighted by molar-refractivity contribution is -0.161. The highest BCUT2D eigenvalue weighted by Crippen LogP contribution is 2.45. The summed E-state index contributed by atoms with van der Waals surface area (Å²) in [5.41, 5.74) is 0. The molecule has 0 rings (SSSR count). The summed E-state index contributed by atoms with van der Waals surface area (Å²) in [5, 5.41) is 10.7. The summed E-state index contributed by atoms with van der Waals surface area (Å²) in [6.07, 6.45) is 61.2. The van der Waals surface area contributed by atoms with Crippen LogP contribution < -0.4 is 0 Å². The quantitative estimate of drug-likeness (QED) is 0.0222. The molecule has 5 unspecified atom stereocenters. The van der Waals surface area contributed by atoms with Crippen LogP contribution in [-0.2, 0) is 65.4 Å². The van der Waals surface area contributed by atoms with Crippen LogP contribution in [0.25, 0.3) is 0 Å². The number of carbonyl (C=O) groups is 4. The van der Waals surface area contributed by atoms with E-state index in [1.54, 1.807) is 0 Å². The van der Waals surface area contributed by atoms with E-state index in [1.807, 2.05) is 0 Å². The van der Waals surface area contributed by atoms with Crippen molar-refractivity contribution < 1.29 is 80.2 Å². The van der Waals surface area contributed by atoms with E-state index in [0.717, 1.165) is 120 Å². The molecule has 17 nitrogen and oxygen atoms in total. The molecule has 0 bridgehead atoms. The maximum absolute atomic E-state index is 13.1. The highest BCUT2D eigenvalue weighted by Gasteiger charge is 2.30. The molecule has 0 fully saturated rings. The third-order valence-corrected chi connectivity index (χ3v) is 22.6. The molecule has 8 atom stereocenters. The predicted molar refractivity (Wildman–Crippen MR) is 423 cm³/mol. The van der Waals surface area contributed by atoms with Crippen molar-refractivity contribution in [3.63, 3.8) is 0 Å². The summed E-state index contributed by atoms with van der Waals surface area (Å²) < 4.78 is 68.8. The highest BCUT2D eigenvalue weighted by atomic mass is 31.2. The summed E-state index contributed by atoms with van der Waals surface area (Å²) in [6, 6.07) is 0. The lowest BCUT2D eigenvalue weighted by atomic mass is 9.99. The molecule has 0 saturated heterocycles. The Balaban J connectivity index is 5.16. The monoisotopic (exact) mass is 1510 g/mol. The van der Waals surface area contributed by atoms with Gasteiger partial charge in [-0.25, -0.2) is 9.13 Å². The minimum atomic E-state index is -4.96. The molecule has 0 aliphatic heterocycles. The zero-order chi connectivity index (χ0) is 76.0. The minimum Gasteiger partial charge on any atom is -0.462 e. The number of aliphatic hydroxyl groups excluding tert-OH is 1. The molecular formula is C84H164O17P2. The van der Waals surface area contributed by atoms with Gasteiger partial charge in [0.05, 0.1) is 26.4 Å². The Kier molecular flexibility index (Phi) is 71.5. The van der Waals surface area contributed by atoms with Gasteiger partial charge in [0.25, 0.3) is 0 Å². The van der Waals surface area contributed by atoms with Gasteiger partial charge in [-0.15, -0.1) is 0 Å². The number of unbranched alkanes of at least 4 members (excludes halogenated alkanes) is 44. The van der Waals surface area contributed by atoms with E-state index in [0.29, 0.717) is 25.7 Å². The van der Waals surface area contributed by atoms with E-state index < -0.39 is 97.5 Å². The molecule has 0 heterocycles. The first-order valence-corrected chi connectivity index (χ1v) is 46.3. The zero-order valence-corrected chi connectivity index (χ0v) is 69.7. The van der Waals surface area contributed by atoms with Crippen molar-refractivity contribution in [2.75, 3.05) is 39.6 Å². The molecule has 3 N–H and O–H groups in total. The van der Waals surface area contributed by atoms with Gasteiger partial charge in [0.2, 0.25) is 0 Å². The van der Waals surface area contributed by atoms with Gasteiger partial charge >= 0.3 is 39.5 Å². The number of aliphatic hydroxyl groups is 1. The molecule has 0 spiro atoms. The van der Waals surface area contributed by atoms with Gasteiger partial charge in [-0.05, 0) is 49.4 Å². The normalized spacial score (nSPS) is 14.8. The summed E-state index contributed by atoms with van der Waals surface area (Å²) >= 11 is 0. The highest BCUT2D eigenvalue weighted by molar-refractivity contribution is 7.47. The van der Waals surface area contributed by atoms with E-state index in [2.05, 4.69) is 55.4 Å². The van der Waals surface area contributed by atoms with Crippen LogP contribution in [0.5, 0.6) is 0 Å². The van der Waals surface area contributed by atoms with E-state index in [4.69, 9.17) is 37.0 Å². The Bertz CT molecular complexity index is 2010. The fourth-order valence-electron chi connectivity index (χ4n) is 12.9. The molecule has 19 heteroatoms. The first kappa shape index (κ1) is 101. The number of rotatable bonds is 81. The van der Waals surface area contributed by atoms with Gasteiger partial charge in [0.15, 0.2) is 12.2 Å². The summed E-state index contributed by atoms with van der Waals surface area (Å²) in [4.78, 5) is 73.1. The van der Waals surface area contributed by atoms with Gasteiger partial charge < -0.3 is 33.8 Å². The number of ether oxygens (including phenoxy) is 4. The van der Waals surface area contributed by atoms with Crippen molar-refractivity contribution in [3.8, 4) is 0 Å². The minimum absolute atomic E-state index is 0.105. The fraction of sp³-hybridized carbons (Fsp3) is 0.952. The number of phosphoric ester groups is 2. The second-order valence-corrected chi connectivity index (χ2v) is 34.3. The van der Waals surface area contributed by atoms with Crippen LogP contribution >= 0.6 is 15.6 Å².